The highest BCUT2D eigenvalue weighted by molar-refractivity contribution is 8.15. The van der Waals surface area contributed by atoms with E-state index in [1.165, 1.54) is 11.8 Å². The molecule has 2 aliphatic rings. The van der Waals surface area contributed by atoms with E-state index in [0.29, 0.717) is 30.2 Å². The van der Waals surface area contributed by atoms with Crippen LogP contribution in [-0.4, -0.2) is 43.3 Å². The van der Waals surface area contributed by atoms with Gasteiger partial charge in [0.2, 0.25) is 0 Å². The Morgan fingerprint density at radius 3 is 3.00 bits per heavy atom. The molecule has 0 saturated carbocycles. The highest BCUT2D eigenvalue weighted by atomic mass is 32.2. The van der Waals surface area contributed by atoms with E-state index in [9.17, 15) is 13.2 Å². The highest BCUT2D eigenvalue weighted by Crippen LogP contribution is 2.42. The third-order valence-electron chi connectivity index (χ3n) is 4.16. The summed E-state index contributed by atoms with van der Waals surface area (Å²) >= 11 is 1.28. The number of rotatable bonds is 4. The number of benzene rings is 1. The van der Waals surface area contributed by atoms with Gasteiger partial charge in [0, 0.05) is 35.9 Å². The third-order valence-corrected chi connectivity index (χ3v) is 6.46. The zero-order valence-corrected chi connectivity index (χ0v) is 15.4. The molecule has 2 aromatic rings. The van der Waals surface area contributed by atoms with Crippen molar-refractivity contribution in [2.45, 2.75) is 11.3 Å². The maximum absolute atomic E-state index is 12.4. The van der Waals surface area contributed by atoms with Crippen molar-refractivity contribution in [3.05, 3.63) is 53.9 Å². The summed E-state index contributed by atoms with van der Waals surface area (Å²) in [6, 6.07) is 9.22. The fourth-order valence-electron chi connectivity index (χ4n) is 2.84. The topological polar surface area (TPSA) is 91.7 Å². The number of fused-ring (bicyclic) bond motifs is 3. The first-order valence-corrected chi connectivity index (χ1v) is 10.5. The number of pyridine rings is 1. The molecule has 0 spiro atoms. The lowest BCUT2D eigenvalue weighted by Crippen LogP contribution is -2.35. The molecule has 1 N–H and O–H groups in total. The van der Waals surface area contributed by atoms with Crippen LogP contribution in [-0.2, 0) is 16.4 Å². The van der Waals surface area contributed by atoms with Crippen molar-refractivity contribution in [2.75, 3.05) is 23.7 Å². The summed E-state index contributed by atoms with van der Waals surface area (Å²) in [6.45, 7) is 0.906. The normalized spacial score (nSPS) is 17.2. The zero-order valence-electron chi connectivity index (χ0n) is 13.8. The molecule has 1 amide bonds. The van der Waals surface area contributed by atoms with Crippen LogP contribution in [0.2, 0.25) is 0 Å². The Morgan fingerprint density at radius 2 is 2.19 bits per heavy atom. The summed E-state index contributed by atoms with van der Waals surface area (Å²) in [5, 5.41) is 3.36. The molecule has 0 unspecified atom stereocenters. The first-order valence-electron chi connectivity index (χ1n) is 8.11. The second-order valence-corrected chi connectivity index (χ2v) is 8.73. The number of carbonyl (C=O) groups is 1. The van der Waals surface area contributed by atoms with Crippen LogP contribution in [0, 0.1) is 0 Å². The van der Waals surface area contributed by atoms with Gasteiger partial charge < -0.3 is 10.2 Å². The van der Waals surface area contributed by atoms with E-state index in [2.05, 4.69) is 14.7 Å². The second-order valence-electron chi connectivity index (χ2n) is 5.96. The van der Waals surface area contributed by atoms with Crippen LogP contribution in [0.5, 0.6) is 0 Å². The molecule has 26 heavy (non-hydrogen) atoms. The molecule has 0 radical (unpaired) electrons. The molecular formula is C17H16N4O3S2. The summed E-state index contributed by atoms with van der Waals surface area (Å²) in [5.41, 5.74) is 2.51. The van der Waals surface area contributed by atoms with Crippen molar-refractivity contribution >= 4 is 38.5 Å². The molecule has 9 heteroatoms. The number of amides is 1. The van der Waals surface area contributed by atoms with Crippen LogP contribution < -0.4 is 10.2 Å². The number of nitrogens with one attached hydrogen (secondary N) is 1. The van der Waals surface area contributed by atoms with E-state index in [4.69, 9.17) is 0 Å². The molecular weight excluding hydrogens is 372 g/mol. The molecule has 0 atom stereocenters. The minimum atomic E-state index is -3.38. The largest absolute Gasteiger partial charge is 0.352 e. The lowest BCUT2D eigenvalue weighted by molar-refractivity contribution is 0.0954. The molecule has 7 nitrogen and oxygen atoms in total. The molecule has 0 bridgehead atoms. The van der Waals surface area contributed by atoms with E-state index >= 15 is 0 Å². The van der Waals surface area contributed by atoms with Crippen molar-refractivity contribution in [1.29, 1.82) is 0 Å². The van der Waals surface area contributed by atoms with E-state index in [1.807, 2.05) is 23.1 Å². The van der Waals surface area contributed by atoms with E-state index in [-0.39, 0.29) is 11.7 Å². The second kappa shape index (κ2) is 6.73. The van der Waals surface area contributed by atoms with Crippen molar-refractivity contribution in [2.24, 2.45) is 4.40 Å². The number of amidine groups is 1. The van der Waals surface area contributed by atoms with Gasteiger partial charge in [0.05, 0.1) is 11.4 Å². The Morgan fingerprint density at radius 1 is 1.31 bits per heavy atom. The molecule has 1 aromatic heterocycles. The highest BCUT2D eigenvalue weighted by Gasteiger charge is 2.33. The van der Waals surface area contributed by atoms with Gasteiger partial charge in [-0.25, -0.2) is 8.42 Å². The third kappa shape index (κ3) is 3.45. The summed E-state index contributed by atoms with van der Waals surface area (Å²) in [4.78, 5) is 19.2. The van der Waals surface area contributed by atoms with Gasteiger partial charge in [-0.1, -0.05) is 6.07 Å². The van der Waals surface area contributed by atoms with Crippen LogP contribution in [0.4, 0.5) is 5.69 Å². The van der Waals surface area contributed by atoms with Crippen molar-refractivity contribution < 1.29 is 13.2 Å². The van der Waals surface area contributed by atoms with Gasteiger partial charge in [-0.2, -0.15) is 0 Å². The average Bonchev–Trinajstić information content (AvgIpc) is 2.97. The number of sulfonamides is 1. The maximum Gasteiger partial charge on any atom is 0.257 e. The number of thioether (sulfide) groups is 1. The van der Waals surface area contributed by atoms with E-state index in [1.54, 1.807) is 24.5 Å². The van der Waals surface area contributed by atoms with Gasteiger partial charge in [-0.05, 0) is 48.0 Å². The van der Waals surface area contributed by atoms with Crippen LogP contribution in [0.25, 0.3) is 0 Å². The Kier molecular flexibility index (Phi) is 4.41. The minimum Gasteiger partial charge on any atom is -0.352 e. The molecule has 4 rings (SSSR count). The molecule has 0 fully saturated rings. The fourth-order valence-corrected chi connectivity index (χ4v) is 5.14. The van der Waals surface area contributed by atoms with E-state index < -0.39 is 10.0 Å². The number of carbonyl (C=O) groups excluding carboxylic acids is 1. The summed E-state index contributed by atoms with van der Waals surface area (Å²) in [5.74, 6) is -0.149. The van der Waals surface area contributed by atoms with Gasteiger partial charge in [-0.3, -0.25) is 9.78 Å². The Bertz CT molecular complexity index is 990. The monoisotopic (exact) mass is 388 g/mol. The van der Waals surface area contributed by atoms with Gasteiger partial charge in [0.25, 0.3) is 15.9 Å². The number of aromatic nitrogens is 1. The summed E-state index contributed by atoms with van der Waals surface area (Å²) in [7, 11) is -3.38. The maximum atomic E-state index is 12.4. The Labute approximate surface area is 155 Å². The van der Waals surface area contributed by atoms with Gasteiger partial charge in [-0.15, -0.1) is 4.40 Å². The van der Waals surface area contributed by atoms with Crippen molar-refractivity contribution in [3.63, 3.8) is 0 Å². The van der Waals surface area contributed by atoms with Crippen LogP contribution in [0.1, 0.15) is 15.9 Å². The van der Waals surface area contributed by atoms with Gasteiger partial charge >= 0.3 is 0 Å². The summed E-state index contributed by atoms with van der Waals surface area (Å²) in [6.07, 6.45) is 4.21. The smallest absolute Gasteiger partial charge is 0.257 e. The predicted molar refractivity (Wildman–Crippen MR) is 101 cm³/mol. The Hall–Kier alpha value is -2.39. The predicted octanol–water partition coefficient (Wildman–Crippen LogP) is 1.67. The average molecular weight is 388 g/mol. The minimum absolute atomic E-state index is 0.00702. The number of hydrogen-bond acceptors (Lipinski definition) is 6. The van der Waals surface area contributed by atoms with Crippen molar-refractivity contribution in [3.8, 4) is 0 Å². The molecule has 0 aliphatic carbocycles. The quantitative estimate of drug-likeness (QED) is 0.857. The number of anilines is 1. The number of hydrogen-bond donors (Lipinski definition) is 1. The SMILES string of the molecule is O=C(NCCc1cccnc1)c1ccc2c(c1)SC1=NS(=O)(=O)CCN12. The lowest BCUT2D eigenvalue weighted by Gasteiger charge is -2.22. The lowest BCUT2D eigenvalue weighted by atomic mass is 10.1. The molecule has 0 saturated heterocycles. The molecule has 3 heterocycles. The Balaban J connectivity index is 1.45. The number of nitrogens with zero attached hydrogens (tertiary/aromatic N) is 3. The fraction of sp³-hybridized carbons (Fsp3) is 0.235. The van der Waals surface area contributed by atoms with Gasteiger partial charge in [0.15, 0.2) is 5.17 Å². The van der Waals surface area contributed by atoms with Crippen LogP contribution >= 0.6 is 11.8 Å². The molecule has 134 valence electrons. The van der Waals surface area contributed by atoms with E-state index in [0.717, 1.165) is 16.1 Å². The molecule has 1 aromatic carbocycles. The van der Waals surface area contributed by atoms with Gasteiger partial charge in [0.1, 0.15) is 0 Å². The zero-order chi connectivity index (χ0) is 18.1. The molecule has 2 aliphatic heterocycles. The standard InChI is InChI=1S/C17H16N4O3S2/c22-16(19-7-5-12-2-1-6-18-11-12)13-3-4-14-15(10-13)25-17-20-26(23,24)9-8-21(14)17/h1-4,6,10-11H,5,7-9H2,(H,19,22). The first-order chi connectivity index (χ1) is 12.5. The van der Waals surface area contributed by atoms with Crippen LogP contribution in [0.15, 0.2) is 52.0 Å². The van der Waals surface area contributed by atoms with Crippen molar-refractivity contribution in [1.82, 2.24) is 10.3 Å². The summed E-state index contributed by atoms with van der Waals surface area (Å²) < 4.78 is 27.1. The van der Waals surface area contributed by atoms with Crippen LogP contribution in [0.3, 0.4) is 0 Å². The first kappa shape index (κ1) is 17.0.